The molecule has 15 heteroatoms. The van der Waals surface area contributed by atoms with Crippen LogP contribution in [0.4, 0.5) is 0 Å². The minimum atomic E-state index is -1.65. The van der Waals surface area contributed by atoms with Gasteiger partial charge in [-0.05, 0) is 19.8 Å². The Labute approximate surface area is 178 Å². The first-order valence-electron chi connectivity index (χ1n) is 9.29. The van der Waals surface area contributed by atoms with Crippen LogP contribution in [0.15, 0.2) is 4.99 Å². The Hall–Kier alpha value is -3.01. The Balaban J connectivity index is 4.97. The van der Waals surface area contributed by atoms with E-state index in [0.717, 1.165) is 0 Å². The van der Waals surface area contributed by atoms with Gasteiger partial charge in [-0.3, -0.25) is 19.4 Å². The molecule has 0 radical (unpaired) electrons. The summed E-state index contributed by atoms with van der Waals surface area (Å²) in [7, 11) is 0. The second-order valence-electron chi connectivity index (χ2n) is 6.61. The number of carbonyl (C=O) groups excluding carboxylic acids is 3. The number of nitrogens with zero attached hydrogens (tertiary/aromatic N) is 1. The summed E-state index contributed by atoms with van der Waals surface area (Å²) in [5, 5.41) is 43.2. The topological polar surface area (TPSA) is 276 Å². The number of amides is 3. The van der Waals surface area contributed by atoms with Crippen molar-refractivity contribution < 1.29 is 39.6 Å². The Morgan fingerprint density at radius 2 is 1.48 bits per heavy atom. The summed E-state index contributed by atoms with van der Waals surface area (Å²) in [6.07, 6.45) is -0.847. The highest BCUT2D eigenvalue weighted by Gasteiger charge is 2.32. The van der Waals surface area contributed by atoms with Crippen molar-refractivity contribution in [2.75, 3.05) is 19.8 Å². The predicted octanol–water partition coefficient (Wildman–Crippen LogP) is -5.73. The molecule has 0 heterocycles. The number of guanidine groups is 1. The molecule has 0 aromatic rings. The molecule has 5 unspecified atom stereocenters. The molecule has 178 valence electrons. The minimum Gasteiger partial charge on any atom is -0.480 e. The maximum Gasteiger partial charge on any atom is 0.328 e. The van der Waals surface area contributed by atoms with E-state index in [1.54, 1.807) is 0 Å². The maximum absolute atomic E-state index is 12.4. The molecule has 0 aliphatic rings. The molecule has 0 saturated heterocycles. The van der Waals surface area contributed by atoms with Crippen LogP contribution in [-0.4, -0.2) is 100 Å². The average molecular weight is 449 g/mol. The first-order chi connectivity index (χ1) is 14.4. The van der Waals surface area contributed by atoms with Gasteiger partial charge in [-0.25, -0.2) is 4.79 Å². The number of rotatable bonds is 14. The van der Waals surface area contributed by atoms with Gasteiger partial charge in [0.2, 0.25) is 17.7 Å². The molecule has 0 saturated carbocycles. The molecule has 31 heavy (non-hydrogen) atoms. The lowest BCUT2D eigenvalue weighted by molar-refractivity contribution is -0.143. The van der Waals surface area contributed by atoms with Crippen LogP contribution >= 0.6 is 0 Å². The van der Waals surface area contributed by atoms with Gasteiger partial charge in [-0.15, -0.1) is 0 Å². The number of nitrogens with one attached hydrogen (secondary N) is 3. The van der Waals surface area contributed by atoms with Crippen LogP contribution in [0.3, 0.4) is 0 Å². The van der Waals surface area contributed by atoms with E-state index in [4.69, 9.17) is 27.4 Å². The van der Waals surface area contributed by atoms with E-state index in [-0.39, 0.29) is 18.9 Å². The van der Waals surface area contributed by atoms with Crippen molar-refractivity contribution in [3.8, 4) is 0 Å². The molecule has 5 atom stereocenters. The molecule has 13 N–H and O–H groups in total. The van der Waals surface area contributed by atoms with Crippen molar-refractivity contribution in [3.63, 3.8) is 0 Å². The number of hydrogen-bond donors (Lipinski definition) is 10. The fourth-order valence-electron chi connectivity index (χ4n) is 2.23. The zero-order valence-electron chi connectivity index (χ0n) is 17.0. The van der Waals surface area contributed by atoms with Gasteiger partial charge >= 0.3 is 5.97 Å². The number of hydrogen-bond acceptors (Lipinski definition) is 9. The average Bonchev–Trinajstić information content (AvgIpc) is 2.69. The normalized spacial score (nSPS) is 15.5. The fourth-order valence-corrected chi connectivity index (χ4v) is 2.23. The molecule has 0 bridgehead atoms. The largest absolute Gasteiger partial charge is 0.480 e. The third-order valence-electron chi connectivity index (χ3n) is 3.98. The van der Waals surface area contributed by atoms with Crippen LogP contribution in [0.2, 0.25) is 0 Å². The first kappa shape index (κ1) is 28.0. The summed E-state index contributed by atoms with van der Waals surface area (Å²) in [6, 6.07) is -5.82. The zero-order chi connectivity index (χ0) is 24.1. The van der Waals surface area contributed by atoms with Gasteiger partial charge in [0.15, 0.2) is 5.96 Å². The van der Waals surface area contributed by atoms with E-state index >= 15 is 0 Å². The summed E-state index contributed by atoms with van der Waals surface area (Å²) in [6.45, 7) is -0.391. The third-order valence-corrected chi connectivity index (χ3v) is 3.98. The fraction of sp³-hybridized carbons (Fsp3) is 0.688. The number of aliphatic hydroxyl groups is 3. The quantitative estimate of drug-likeness (QED) is 0.0677. The van der Waals surface area contributed by atoms with Crippen LogP contribution in [0.5, 0.6) is 0 Å². The Morgan fingerprint density at radius 1 is 0.935 bits per heavy atom. The van der Waals surface area contributed by atoms with Crippen molar-refractivity contribution in [1.82, 2.24) is 16.0 Å². The molecule has 3 amide bonds. The van der Waals surface area contributed by atoms with E-state index in [1.165, 1.54) is 6.92 Å². The van der Waals surface area contributed by atoms with Gasteiger partial charge < -0.3 is 53.6 Å². The van der Waals surface area contributed by atoms with Gasteiger partial charge in [0.25, 0.3) is 0 Å². The Morgan fingerprint density at radius 3 is 1.94 bits per heavy atom. The summed E-state index contributed by atoms with van der Waals surface area (Å²) < 4.78 is 0. The van der Waals surface area contributed by atoms with Crippen molar-refractivity contribution >= 4 is 29.7 Å². The number of aliphatic carboxylic acids is 1. The van der Waals surface area contributed by atoms with E-state index in [9.17, 15) is 29.4 Å². The van der Waals surface area contributed by atoms with Crippen LogP contribution in [0, 0.1) is 0 Å². The number of carbonyl (C=O) groups is 4. The molecule has 0 rings (SSSR count). The maximum atomic E-state index is 12.4. The second kappa shape index (κ2) is 14.1. The molecule has 0 aliphatic carbocycles. The smallest absolute Gasteiger partial charge is 0.328 e. The lowest BCUT2D eigenvalue weighted by Crippen LogP contribution is -2.60. The van der Waals surface area contributed by atoms with Crippen LogP contribution in [-0.2, 0) is 19.2 Å². The number of aliphatic hydroxyl groups excluding tert-OH is 3. The van der Waals surface area contributed by atoms with E-state index in [0.29, 0.717) is 6.42 Å². The highest BCUT2D eigenvalue weighted by atomic mass is 16.4. The molecule has 0 aliphatic heterocycles. The van der Waals surface area contributed by atoms with Crippen LogP contribution < -0.4 is 33.2 Å². The predicted molar refractivity (Wildman–Crippen MR) is 107 cm³/mol. The summed E-state index contributed by atoms with van der Waals surface area (Å²) in [5.41, 5.74) is 16.1. The standard InChI is InChI=1S/C16H31N7O8/c1-7(26)11(23-12(27)8(17)3-2-4-20-16(18)19)14(29)21-9(5-24)13(28)22-10(6-25)15(30)31/h7-11,24-26H,2-6,17H2,1H3,(H,21,29)(H,22,28)(H,23,27)(H,30,31)(H4,18,19,20). The highest BCUT2D eigenvalue weighted by molar-refractivity contribution is 5.94. The van der Waals surface area contributed by atoms with Crippen molar-refractivity contribution in [2.45, 2.75) is 50.0 Å². The van der Waals surface area contributed by atoms with Gasteiger partial charge in [0, 0.05) is 6.54 Å². The number of carboxylic acid groups (broad SMARTS) is 1. The molecule has 0 fully saturated rings. The summed E-state index contributed by atoms with van der Waals surface area (Å²) in [4.78, 5) is 51.3. The monoisotopic (exact) mass is 449 g/mol. The zero-order valence-corrected chi connectivity index (χ0v) is 17.0. The van der Waals surface area contributed by atoms with Gasteiger partial charge in [-0.2, -0.15) is 0 Å². The summed E-state index contributed by atoms with van der Waals surface area (Å²) >= 11 is 0. The first-order valence-corrected chi connectivity index (χ1v) is 9.29. The minimum absolute atomic E-state index is 0.111. The number of nitrogens with two attached hydrogens (primary N) is 3. The molecule has 15 nitrogen and oxygen atoms in total. The van der Waals surface area contributed by atoms with Crippen molar-refractivity contribution in [2.24, 2.45) is 22.2 Å². The molecular formula is C16H31N7O8. The highest BCUT2D eigenvalue weighted by Crippen LogP contribution is 2.00. The number of aliphatic imine (C=N–C) groups is 1. The molecule has 0 aromatic heterocycles. The third kappa shape index (κ3) is 10.5. The second-order valence-corrected chi connectivity index (χ2v) is 6.61. The van der Waals surface area contributed by atoms with Gasteiger partial charge in [-0.1, -0.05) is 0 Å². The SMILES string of the molecule is CC(O)C(NC(=O)C(N)CCCN=C(N)N)C(=O)NC(CO)C(=O)NC(CO)C(=O)O. The Bertz CT molecular complexity index is 654. The molecular weight excluding hydrogens is 418 g/mol. The van der Waals surface area contributed by atoms with E-state index < -0.39 is 67.2 Å². The van der Waals surface area contributed by atoms with Crippen molar-refractivity contribution in [1.29, 1.82) is 0 Å². The van der Waals surface area contributed by atoms with E-state index in [1.807, 2.05) is 5.32 Å². The van der Waals surface area contributed by atoms with Crippen molar-refractivity contribution in [3.05, 3.63) is 0 Å². The lowest BCUT2D eigenvalue weighted by Gasteiger charge is -2.25. The number of carboxylic acids is 1. The molecule has 0 aromatic carbocycles. The Kier molecular flexibility index (Phi) is 12.7. The lowest BCUT2D eigenvalue weighted by atomic mass is 10.1. The van der Waals surface area contributed by atoms with E-state index in [2.05, 4.69) is 15.6 Å². The van der Waals surface area contributed by atoms with Crippen LogP contribution in [0.1, 0.15) is 19.8 Å². The summed E-state index contributed by atoms with van der Waals surface area (Å²) in [5.74, 6) is -4.52. The van der Waals surface area contributed by atoms with Crippen LogP contribution in [0.25, 0.3) is 0 Å². The van der Waals surface area contributed by atoms with Gasteiger partial charge in [0.1, 0.15) is 18.1 Å². The molecule has 0 spiro atoms. The van der Waals surface area contributed by atoms with Gasteiger partial charge in [0.05, 0.1) is 25.4 Å².